The summed E-state index contributed by atoms with van der Waals surface area (Å²) in [4.78, 5) is 14.1. The van der Waals surface area contributed by atoms with Crippen molar-refractivity contribution in [2.75, 3.05) is 25.5 Å². The number of ether oxygens (including phenoxy) is 1. The van der Waals surface area contributed by atoms with E-state index in [9.17, 15) is 9.18 Å². The lowest BCUT2D eigenvalue weighted by Crippen LogP contribution is -2.37. The average Bonchev–Trinajstić information content (AvgIpc) is 2.63. The SMILES string of the molecule is COc1ccc(NC(=O)N2CC=C(c3ccc(F)cc3)CC2)cc1. The van der Waals surface area contributed by atoms with Crippen LogP contribution in [0.15, 0.2) is 54.6 Å². The maximum absolute atomic E-state index is 13.0. The molecule has 0 aromatic heterocycles. The second-order valence-corrected chi connectivity index (χ2v) is 5.59. The first-order valence-corrected chi connectivity index (χ1v) is 7.80. The summed E-state index contributed by atoms with van der Waals surface area (Å²) in [6.45, 7) is 1.17. The fourth-order valence-electron chi connectivity index (χ4n) is 2.66. The van der Waals surface area contributed by atoms with Crippen molar-refractivity contribution in [2.45, 2.75) is 6.42 Å². The molecule has 0 unspecified atom stereocenters. The van der Waals surface area contributed by atoms with Crippen LogP contribution >= 0.6 is 0 Å². The summed E-state index contributed by atoms with van der Waals surface area (Å²) >= 11 is 0. The van der Waals surface area contributed by atoms with Crippen molar-refractivity contribution in [3.63, 3.8) is 0 Å². The van der Waals surface area contributed by atoms with E-state index in [0.29, 0.717) is 13.1 Å². The Bertz CT molecular complexity index is 739. The molecule has 0 fully saturated rings. The van der Waals surface area contributed by atoms with Gasteiger partial charge in [0, 0.05) is 18.8 Å². The molecule has 4 nitrogen and oxygen atoms in total. The van der Waals surface area contributed by atoms with E-state index in [0.717, 1.165) is 29.0 Å². The molecule has 3 rings (SSSR count). The molecule has 0 saturated carbocycles. The van der Waals surface area contributed by atoms with Crippen molar-refractivity contribution in [3.8, 4) is 5.75 Å². The number of methoxy groups -OCH3 is 1. The Kier molecular flexibility index (Phi) is 4.79. The van der Waals surface area contributed by atoms with Crippen LogP contribution in [0.2, 0.25) is 0 Å². The maximum atomic E-state index is 13.0. The molecular formula is C19H19FN2O2. The van der Waals surface area contributed by atoms with E-state index >= 15 is 0 Å². The normalized spacial score (nSPS) is 14.1. The monoisotopic (exact) mass is 326 g/mol. The van der Waals surface area contributed by atoms with Gasteiger partial charge >= 0.3 is 6.03 Å². The number of nitrogens with zero attached hydrogens (tertiary/aromatic N) is 1. The highest BCUT2D eigenvalue weighted by atomic mass is 19.1. The average molecular weight is 326 g/mol. The molecule has 0 spiro atoms. The van der Waals surface area contributed by atoms with Gasteiger partial charge in [-0.05, 0) is 54.0 Å². The molecule has 24 heavy (non-hydrogen) atoms. The number of rotatable bonds is 3. The number of carbonyl (C=O) groups excluding carboxylic acids is 1. The van der Waals surface area contributed by atoms with E-state index in [1.807, 2.05) is 6.08 Å². The summed E-state index contributed by atoms with van der Waals surface area (Å²) in [5, 5.41) is 2.88. The molecule has 0 bridgehead atoms. The van der Waals surface area contributed by atoms with E-state index in [1.54, 1.807) is 48.4 Å². The van der Waals surface area contributed by atoms with Gasteiger partial charge in [-0.1, -0.05) is 18.2 Å². The number of halogens is 1. The second-order valence-electron chi connectivity index (χ2n) is 5.59. The summed E-state index contributed by atoms with van der Waals surface area (Å²) in [6, 6.07) is 13.5. The van der Waals surface area contributed by atoms with Crippen LogP contribution in [0.4, 0.5) is 14.9 Å². The van der Waals surface area contributed by atoms with E-state index in [1.165, 1.54) is 12.1 Å². The third kappa shape index (κ3) is 3.74. The molecule has 1 heterocycles. The van der Waals surface area contributed by atoms with E-state index in [2.05, 4.69) is 5.32 Å². The van der Waals surface area contributed by atoms with Crippen molar-refractivity contribution in [1.82, 2.24) is 4.90 Å². The Balaban J connectivity index is 1.60. The number of hydrogen-bond acceptors (Lipinski definition) is 2. The zero-order valence-corrected chi connectivity index (χ0v) is 13.5. The number of hydrogen-bond donors (Lipinski definition) is 1. The molecule has 0 atom stereocenters. The lowest BCUT2D eigenvalue weighted by molar-refractivity contribution is 0.217. The fourth-order valence-corrected chi connectivity index (χ4v) is 2.66. The molecule has 2 aromatic rings. The van der Waals surface area contributed by atoms with Gasteiger partial charge in [-0.3, -0.25) is 0 Å². The molecule has 1 aliphatic heterocycles. The number of carbonyl (C=O) groups is 1. The molecule has 2 aromatic carbocycles. The Morgan fingerprint density at radius 3 is 2.42 bits per heavy atom. The highest BCUT2D eigenvalue weighted by Crippen LogP contribution is 2.23. The van der Waals surface area contributed by atoms with E-state index < -0.39 is 0 Å². The van der Waals surface area contributed by atoms with Gasteiger partial charge in [0.25, 0.3) is 0 Å². The Hall–Kier alpha value is -2.82. The maximum Gasteiger partial charge on any atom is 0.322 e. The molecule has 1 aliphatic rings. The van der Waals surface area contributed by atoms with Gasteiger partial charge in [-0.25, -0.2) is 9.18 Å². The van der Waals surface area contributed by atoms with Crippen LogP contribution in [0.3, 0.4) is 0 Å². The molecule has 0 radical (unpaired) electrons. The first-order valence-electron chi connectivity index (χ1n) is 7.80. The topological polar surface area (TPSA) is 41.6 Å². The zero-order valence-electron chi connectivity index (χ0n) is 13.5. The van der Waals surface area contributed by atoms with Crippen molar-refractivity contribution in [1.29, 1.82) is 0 Å². The third-order valence-corrected chi connectivity index (χ3v) is 4.05. The summed E-state index contributed by atoms with van der Waals surface area (Å²) < 4.78 is 18.1. The van der Waals surface area contributed by atoms with Crippen LogP contribution in [0.5, 0.6) is 5.75 Å². The highest BCUT2D eigenvalue weighted by molar-refractivity contribution is 5.90. The van der Waals surface area contributed by atoms with E-state index in [4.69, 9.17) is 4.74 Å². The number of anilines is 1. The largest absolute Gasteiger partial charge is 0.497 e. The molecule has 124 valence electrons. The summed E-state index contributed by atoms with van der Waals surface area (Å²) in [5.41, 5.74) is 2.88. The molecule has 1 N–H and O–H groups in total. The summed E-state index contributed by atoms with van der Waals surface area (Å²) in [5.74, 6) is 0.508. The molecule has 2 amide bonds. The highest BCUT2D eigenvalue weighted by Gasteiger charge is 2.18. The van der Waals surface area contributed by atoms with Gasteiger partial charge in [0.2, 0.25) is 0 Å². The number of amides is 2. The van der Waals surface area contributed by atoms with Crippen molar-refractivity contribution in [3.05, 3.63) is 66.0 Å². The number of urea groups is 1. The molecule has 0 saturated heterocycles. The summed E-state index contributed by atoms with van der Waals surface area (Å²) in [7, 11) is 1.60. The lowest BCUT2D eigenvalue weighted by atomic mass is 10.00. The predicted octanol–water partition coefficient (Wildman–Crippen LogP) is 4.16. The third-order valence-electron chi connectivity index (χ3n) is 4.05. The standard InChI is InChI=1S/C19H19FN2O2/c1-24-18-8-6-17(7-9-18)21-19(23)22-12-10-15(11-13-22)14-2-4-16(20)5-3-14/h2-10H,11-13H2,1H3,(H,21,23). The first-order chi connectivity index (χ1) is 11.7. The van der Waals surface area contributed by atoms with Gasteiger partial charge in [-0.15, -0.1) is 0 Å². The van der Waals surface area contributed by atoms with Gasteiger partial charge in [-0.2, -0.15) is 0 Å². The van der Waals surface area contributed by atoms with Crippen LogP contribution in [-0.4, -0.2) is 31.1 Å². The number of nitrogens with one attached hydrogen (secondary N) is 1. The van der Waals surface area contributed by atoms with Crippen LogP contribution < -0.4 is 10.1 Å². The van der Waals surface area contributed by atoms with E-state index in [-0.39, 0.29) is 11.8 Å². The van der Waals surface area contributed by atoms with Gasteiger partial charge in [0.1, 0.15) is 11.6 Å². The van der Waals surface area contributed by atoms with Gasteiger partial charge in [0.05, 0.1) is 7.11 Å². The molecular weight excluding hydrogens is 307 g/mol. The quantitative estimate of drug-likeness (QED) is 0.920. The minimum Gasteiger partial charge on any atom is -0.497 e. The second kappa shape index (κ2) is 7.17. The fraction of sp³-hybridized carbons (Fsp3) is 0.211. The van der Waals surface area contributed by atoms with Gasteiger partial charge in [0.15, 0.2) is 0 Å². The Labute approximate surface area is 140 Å². The van der Waals surface area contributed by atoms with Crippen molar-refractivity contribution in [2.24, 2.45) is 0 Å². The molecule has 0 aliphatic carbocycles. The first kappa shape index (κ1) is 16.1. The Morgan fingerprint density at radius 1 is 1.12 bits per heavy atom. The predicted molar refractivity (Wildman–Crippen MR) is 92.6 cm³/mol. The Morgan fingerprint density at radius 2 is 1.83 bits per heavy atom. The summed E-state index contributed by atoms with van der Waals surface area (Å²) in [6.07, 6.45) is 2.77. The van der Waals surface area contributed by atoms with Crippen LogP contribution in [-0.2, 0) is 0 Å². The minimum absolute atomic E-state index is 0.130. The number of benzene rings is 2. The minimum atomic E-state index is -0.240. The van der Waals surface area contributed by atoms with Crippen LogP contribution in [0, 0.1) is 5.82 Å². The van der Waals surface area contributed by atoms with Crippen molar-refractivity contribution >= 4 is 17.3 Å². The van der Waals surface area contributed by atoms with Crippen LogP contribution in [0.1, 0.15) is 12.0 Å². The lowest BCUT2D eigenvalue weighted by Gasteiger charge is -2.27. The smallest absolute Gasteiger partial charge is 0.322 e. The molecule has 5 heteroatoms. The van der Waals surface area contributed by atoms with Crippen LogP contribution in [0.25, 0.3) is 5.57 Å². The zero-order chi connectivity index (χ0) is 16.9. The van der Waals surface area contributed by atoms with Gasteiger partial charge < -0.3 is 15.0 Å². The van der Waals surface area contributed by atoms with Crippen molar-refractivity contribution < 1.29 is 13.9 Å².